The molecule has 7 heteroatoms. The quantitative estimate of drug-likeness (QED) is 0.662. The van der Waals surface area contributed by atoms with Gasteiger partial charge in [-0.3, -0.25) is 14.4 Å². The standard InChI is InChI=1S/C23H24N4O3/c1-24-13-21(28)25-17-12-20-22(29)26-19-10-9-16(8-7-15-5-3-2-4-6-15)11-18(19)23(30)27(20)14-17/h2-11,17,20,24H,12-14H2,1H3,(H,25,28)(H,26,29)/t17-,20-/m1/s1. The zero-order chi connectivity index (χ0) is 21.1. The van der Waals surface area contributed by atoms with Crippen molar-refractivity contribution >= 4 is 35.6 Å². The third-order valence-electron chi connectivity index (χ3n) is 5.37. The highest BCUT2D eigenvalue weighted by Gasteiger charge is 2.43. The summed E-state index contributed by atoms with van der Waals surface area (Å²) in [6.45, 7) is 0.511. The van der Waals surface area contributed by atoms with E-state index in [1.165, 1.54) is 0 Å². The second kappa shape index (κ2) is 8.51. The van der Waals surface area contributed by atoms with Crippen LogP contribution in [0.25, 0.3) is 12.2 Å². The number of nitrogens with zero attached hydrogens (tertiary/aromatic N) is 1. The number of benzene rings is 2. The summed E-state index contributed by atoms with van der Waals surface area (Å²) in [5.74, 6) is -0.574. The van der Waals surface area contributed by atoms with E-state index < -0.39 is 6.04 Å². The maximum atomic E-state index is 13.2. The molecule has 1 fully saturated rings. The molecule has 0 radical (unpaired) electrons. The van der Waals surface area contributed by atoms with Crippen molar-refractivity contribution in [2.75, 3.05) is 25.5 Å². The van der Waals surface area contributed by atoms with Crippen LogP contribution in [-0.2, 0) is 9.59 Å². The average Bonchev–Trinajstić information content (AvgIpc) is 3.13. The summed E-state index contributed by atoms with van der Waals surface area (Å²) in [7, 11) is 1.69. The highest BCUT2D eigenvalue weighted by atomic mass is 16.2. The predicted octanol–water partition coefficient (Wildman–Crippen LogP) is 1.73. The number of hydrogen-bond donors (Lipinski definition) is 3. The van der Waals surface area contributed by atoms with Crippen molar-refractivity contribution in [3.8, 4) is 0 Å². The zero-order valence-electron chi connectivity index (χ0n) is 16.7. The molecule has 0 spiro atoms. The number of carbonyl (C=O) groups is 3. The van der Waals surface area contributed by atoms with Crippen LogP contribution in [0.4, 0.5) is 5.69 Å². The first-order valence-electron chi connectivity index (χ1n) is 9.98. The summed E-state index contributed by atoms with van der Waals surface area (Å²) in [5.41, 5.74) is 2.92. The molecule has 0 aliphatic carbocycles. The molecular formula is C23H24N4O3. The number of likely N-dealkylation sites (N-methyl/N-ethyl adjacent to an activating group) is 1. The van der Waals surface area contributed by atoms with Crippen LogP contribution in [0.5, 0.6) is 0 Å². The topological polar surface area (TPSA) is 90.5 Å². The minimum Gasteiger partial charge on any atom is -0.350 e. The van der Waals surface area contributed by atoms with Crippen molar-refractivity contribution < 1.29 is 14.4 Å². The molecule has 2 aromatic carbocycles. The maximum Gasteiger partial charge on any atom is 0.256 e. The molecule has 2 aromatic rings. The van der Waals surface area contributed by atoms with Gasteiger partial charge in [-0.2, -0.15) is 0 Å². The lowest BCUT2D eigenvalue weighted by Gasteiger charge is -2.20. The van der Waals surface area contributed by atoms with Gasteiger partial charge in [0.2, 0.25) is 11.8 Å². The Morgan fingerprint density at radius 2 is 1.90 bits per heavy atom. The molecule has 154 valence electrons. The molecule has 3 N–H and O–H groups in total. The fourth-order valence-electron chi connectivity index (χ4n) is 3.93. The van der Waals surface area contributed by atoms with Gasteiger partial charge in [-0.1, -0.05) is 48.6 Å². The van der Waals surface area contributed by atoms with E-state index in [-0.39, 0.29) is 30.3 Å². The van der Waals surface area contributed by atoms with Crippen LogP contribution in [0, 0.1) is 0 Å². The number of hydrogen-bond acceptors (Lipinski definition) is 4. The molecule has 2 atom stereocenters. The third kappa shape index (κ3) is 4.11. The summed E-state index contributed by atoms with van der Waals surface area (Å²) >= 11 is 0. The van der Waals surface area contributed by atoms with Gasteiger partial charge in [0.05, 0.1) is 17.8 Å². The first-order valence-corrected chi connectivity index (χ1v) is 9.98. The fraction of sp³-hybridized carbons (Fsp3) is 0.261. The van der Waals surface area contributed by atoms with E-state index in [4.69, 9.17) is 0 Å². The first-order chi connectivity index (χ1) is 14.5. The molecule has 7 nitrogen and oxygen atoms in total. The Bertz CT molecular complexity index is 1000. The number of anilines is 1. The Balaban J connectivity index is 1.56. The van der Waals surface area contributed by atoms with Gasteiger partial charge >= 0.3 is 0 Å². The van der Waals surface area contributed by atoms with Crippen LogP contribution >= 0.6 is 0 Å². The van der Waals surface area contributed by atoms with Gasteiger partial charge in [-0.05, 0) is 36.7 Å². The minimum atomic E-state index is -0.590. The third-order valence-corrected chi connectivity index (χ3v) is 5.37. The lowest BCUT2D eigenvalue weighted by molar-refractivity contribution is -0.121. The SMILES string of the molecule is CNCC(=O)N[C@@H]1C[C@@H]2C(=O)Nc3ccc(C=Cc4ccccc4)cc3C(=O)N2C1. The lowest BCUT2D eigenvalue weighted by atomic mass is 10.1. The fourth-order valence-corrected chi connectivity index (χ4v) is 3.93. The summed E-state index contributed by atoms with van der Waals surface area (Å²) in [6.07, 6.45) is 4.33. The highest BCUT2D eigenvalue weighted by Crippen LogP contribution is 2.30. The van der Waals surface area contributed by atoms with Gasteiger partial charge in [0, 0.05) is 12.6 Å². The van der Waals surface area contributed by atoms with Gasteiger partial charge in [-0.15, -0.1) is 0 Å². The molecule has 0 unspecified atom stereocenters. The van der Waals surface area contributed by atoms with E-state index in [0.717, 1.165) is 11.1 Å². The molecule has 1 saturated heterocycles. The highest BCUT2D eigenvalue weighted by molar-refractivity contribution is 6.10. The second-order valence-electron chi connectivity index (χ2n) is 7.54. The van der Waals surface area contributed by atoms with Crippen molar-refractivity contribution in [2.24, 2.45) is 0 Å². The minimum absolute atomic E-state index is 0.151. The van der Waals surface area contributed by atoms with E-state index in [1.807, 2.05) is 48.6 Å². The Labute approximate surface area is 175 Å². The summed E-state index contributed by atoms with van der Waals surface area (Å²) in [5, 5.41) is 8.56. The first kappa shape index (κ1) is 19.8. The van der Waals surface area contributed by atoms with Gasteiger partial charge in [0.25, 0.3) is 5.91 Å². The van der Waals surface area contributed by atoms with Gasteiger partial charge < -0.3 is 20.9 Å². The van der Waals surface area contributed by atoms with E-state index in [1.54, 1.807) is 24.1 Å². The number of nitrogens with one attached hydrogen (secondary N) is 3. The van der Waals surface area contributed by atoms with E-state index >= 15 is 0 Å². The summed E-state index contributed by atoms with van der Waals surface area (Å²) in [6, 6.07) is 14.5. The molecule has 2 aliphatic rings. The number of rotatable bonds is 5. The maximum absolute atomic E-state index is 13.2. The molecule has 2 aliphatic heterocycles. The van der Waals surface area contributed by atoms with Crippen molar-refractivity contribution in [1.29, 1.82) is 0 Å². The van der Waals surface area contributed by atoms with Gasteiger partial charge in [-0.25, -0.2) is 0 Å². The van der Waals surface area contributed by atoms with Crippen LogP contribution in [0.3, 0.4) is 0 Å². The Hall–Kier alpha value is -3.45. The Kier molecular flexibility index (Phi) is 5.63. The normalized spacial score (nSPS) is 20.5. The zero-order valence-corrected chi connectivity index (χ0v) is 16.7. The van der Waals surface area contributed by atoms with Crippen LogP contribution in [-0.4, -0.2) is 54.8 Å². The van der Waals surface area contributed by atoms with Crippen molar-refractivity contribution in [3.05, 3.63) is 65.2 Å². The summed E-state index contributed by atoms with van der Waals surface area (Å²) < 4.78 is 0. The molecule has 4 rings (SSSR count). The lowest BCUT2D eigenvalue weighted by Crippen LogP contribution is -2.42. The number of amides is 3. The van der Waals surface area contributed by atoms with Crippen LogP contribution < -0.4 is 16.0 Å². The van der Waals surface area contributed by atoms with Crippen molar-refractivity contribution in [3.63, 3.8) is 0 Å². The largest absolute Gasteiger partial charge is 0.350 e. The van der Waals surface area contributed by atoms with Gasteiger partial charge in [0.15, 0.2) is 0 Å². The monoisotopic (exact) mass is 404 g/mol. The second-order valence-corrected chi connectivity index (χ2v) is 7.54. The van der Waals surface area contributed by atoms with E-state index in [9.17, 15) is 14.4 Å². The number of carbonyl (C=O) groups excluding carboxylic acids is 3. The molecular weight excluding hydrogens is 380 g/mol. The molecule has 0 aromatic heterocycles. The summed E-state index contributed by atoms with van der Waals surface area (Å²) in [4.78, 5) is 39.4. The smallest absolute Gasteiger partial charge is 0.256 e. The Morgan fingerprint density at radius 3 is 2.67 bits per heavy atom. The van der Waals surface area contributed by atoms with Crippen LogP contribution in [0.2, 0.25) is 0 Å². The van der Waals surface area contributed by atoms with E-state index in [0.29, 0.717) is 24.2 Å². The molecule has 30 heavy (non-hydrogen) atoms. The van der Waals surface area contributed by atoms with Crippen LogP contribution in [0.15, 0.2) is 48.5 Å². The van der Waals surface area contributed by atoms with Gasteiger partial charge in [0.1, 0.15) is 6.04 Å². The molecule has 0 saturated carbocycles. The van der Waals surface area contributed by atoms with Crippen molar-refractivity contribution in [1.82, 2.24) is 15.5 Å². The predicted molar refractivity (Wildman–Crippen MR) is 116 cm³/mol. The van der Waals surface area contributed by atoms with Crippen molar-refractivity contribution in [2.45, 2.75) is 18.5 Å². The molecule has 2 heterocycles. The Morgan fingerprint density at radius 1 is 1.13 bits per heavy atom. The van der Waals surface area contributed by atoms with E-state index in [2.05, 4.69) is 16.0 Å². The van der Waals surface area contributed by atoms with Crippen LogP contribution in [0.1, 0.15) is 27.9 Å². The molecule has 0 bridgehead atoms. The molecule has 3 amide bonds. The number of fused-ring (bicyclic) bond motifs is 2. The average molecular weight is 404 g/mol.